The van der Waals surface area contributed by atoms with E-state index in [0.29, 0.717) is 30.6 Å². The number of nitrogen functional groups attached to an aromatic ring is 1. The predicted octanol–water partition coefficient (Wildman–Crippen LogP) is 2.42. The fourth-order valence-electron chi connectivity index (χ4n) is 2.34. The van der Waals surface area contributed by atoms with E-state index in [1.54, 1.807) is 13.0 Å². The second-order valence-electron chi connectivity index (χ2n) is 4.44. The maximum Gasteiger partial charge on any atom is 0.193 e. The Morgan fingerprint density at radius 3 is 3.06 bits per heavy atom. The van der Waals surface area contributed by atoms with Gasteiger partial charge in [0.2, 0.25) is 0 Å². The van der Waals surface area contributed by atoms with E-state index in [0.717, 1.165) is 5.56 Å². The third-order valence-corrected chi connectivity index (χ3v) is 3.29. The third-order valence-electron chi connectivity index (χ3n) is 3.29. The summed E-state index contributed by atoms with van der Waals surface area (Å²) in [5, 5.41) is 0. The van der Waals surface area contributed by atoms with Crippen LogP contribution in [0.5, 0.6) is 0 Å². The van der Waals surface area contributed by atoms with Crippen LogP contribution in [0.4, 0.5) is 10.1 Å². The first-order chi connectivity index (χ1) is 8.56. The number of carbonyl (C=O) groups is 1. The van der Waals surface area contributed by atoms with E-state index >= 15 is 0 Å². The van der Waals surface area contributed by atoms with Gasteiger partial charge in [0, 0.05) is 11.3 Å². The van der Waals surface area contributed by atoms with Crippen molar-refractivity contribution >= 4 is 11.5 Å². The van der Waals surface area contributed by atoms with Gasteiger partial charge in [-0.1, -0.05) is 6.08 Å². The molecule has 1 aromatic rings. The summed E-state index contributed by atoms with van der Waals surface area (Å²) in [6.07, 6.45) is 2.27. The monoisotopic (exact) mass is 249 g/mol. The van der Waals surface area contributed by atoms with E-state index in [1.165, 1.54) is 6.07 Å². The number of nitrogens with two attached hydrogens (primary N) is 1. The number of carbonyl (C=O) groups excluding carboxylic acids is 1. The molecule has 1 aliphatic carbocycles. The minimum absolute atomic E-state index is 0.154. The molecule has 4 heteroatoms. The van der Waals surface area contributed by atoms with Crippen molar-refractivity contribution in [1.29, 1.82) is 0 Å². The molecule has 2 N–H and O–H groups in total. The lowest BCUT2D eigenvalue weighted by Gasteiger charge is -2.25. The molecule has 1 atom stereocenters. The van der Waals surface area contributed by atoms with Gasteiger partial charge < -0.3 is 10.5 Å². The fourth-order valence-corrected chi connectivity index (χ4v) is 2.34. The van der Waals surface area contributed by atoms with Crippen molar-refractivity contribution in [2.45, 2.75) is 25.9 Å². The lowest BCUT2D eigenvalue weighted by molar-refractivity contribution is 0.0456. The molecule has 0 bridgehead atoms. The molecule has 0 saturated heterocycles. The summed E-state index contributed by atoms with van der Waals surface area (Å²) >= 11 is 0. The molecule has 2 rings (SSSR count). The molecule has 0 amide bonds. The standard InChI is InChI=1S/C14H16FNO2/c1-3-6-18-12-5-4-9-8(2)10(15)7-11(16)13(9)14(12)17/h3,7,12H,1,4-6,16H2,2H3. The van der Waals surface area contributed by atoms with Crippen LogP contribution in [0.3, 0.4) is 0 Å². The maximum atomic E-state index is 13.6. The second-order valence-corrected chi connectivity index (χ2v) is 4.44. The summed E-state index contributed by atoms with van der Waals surface area (Å²) in [5.74, 6) is -0.511. The summed E-state index contributed by atoms with van der Waals surface area (Å²) in [7, 11) is 0. The van der Waals surface area contributed by atoms with Crippen molar-refractivity contribution in [2.75, 3.05) is 12.3 Å². The Morgan fingerprint density at radius 1 is 1.67 bits per heavy atom. The highest BCUT2D eigenvalue weighted by molar-refractivity contribution is 6.06. The number of hydrogen-bond acceptors (Lipinski definition) is 3. The van der Waals surface area contributed by atoms with Gasteiger partial charge in [0.1, 0.15) is 11.9 Å². The normalized spacial score (nSPS) is 18.6. The van der Waals surface area contributed by atoms with Crippen LogP contribution in [0.2, 0.25) is 0 Å². The van der Waals surface area contributed by atoms with Gasteiger partial charge in [-0.3, -0.25) is 4.79 Å². The highest BCUT2D eigenvalue weighted by atomic mass is 19.1. The second kappa shape index (κ2) is 4.90. The maximum absolute atomic E-state index is 13.6. The molecule has 96 valence electrons. The molecule has 0 aromatic heterocycles. The first kappa shape index (κ1) is 12.8. The van der Waals surface area contributed by atoms with Gasteiger partial charge in [-0.05, 0) is 37.0 Å². The van der Waals surface area contributed by atoms with Crippen LogP contribution in [0, 0.1) is 12.7 Å². The zero-order valence-corrected chi connectivity index (χ0v) is 10.3. The molecular formula is C14H16FNO2. The van der Waals surface area contributed by atoms with Crippen molar-refractivity contribution in [3.63, 3.8) is 0 Å². The van der Waals surface area contributed by atoms with E-state index in [9.17, 15) is 9.18 Å². The Hall–Kier alpha value is -1.68. The van der Waals surface area contributed by atoms with Gasteiger partial charge in [0.25, 0.3) is 0 Å². The van der Waals surface area contributed by atoms with Crippen molar-refractivity contribution in [1.82, 2.24) is 0 Å². The van der Waals surface area contributed by atoms with Crippen LogP contribution in [0.25, 0.3) is 0 Å². The largest absolute Gasteiger partial charge is 0.398 e. The minimum Gasteiger partial charge on any atom is -0.398 e. The van der Waals surface area contributed by atoms with Gasteiger partial charge in [-0.15, -0.1) is 6.58 Å². The smallest absolute Gasteiger partial charge is 0.193 e. The Morgan fingerprint density at radius 2 is 2.39 bits per heavy atom. The van der Waals surface area contributed by atoms with Crippen LogP contribution >= 0.6 is 0 Å². The van der Waals surface area contributed by atoms with Crippen LogP contribution < -0.4 is 5.73 Å². The average Bonchev–Trinajstić information content (AvgIpc) is 2.34. The van der Waals surface area contributed by atoms with Gasteiger partial charge >= 0.3 is 0 Å². The van der Waals surface area contributed by atoms with E-state index in [-0.39, 0.29) is 17.3 Å². The number of fused-ring (bicyclic) bond motifs is 1. The van der Waals surface area contributed by atoms with Crippen LogP contribution in [0.15, 0.2) is 18.7 Å². The Labute approximate surface area is 105 Å². The van der Waals surface area contributed by atoms with E-state index < -0.39 is 6.10 Å². The zero-order valence-electron chi connectivity index (χ0n) is 10.3. The van der Waals surface area contributed by atoms with Gasteiger partial charge in [0.15, 0.2) is 5.78 Å². The highest BCUT2D eigenvalue weighted by Crippen LogP contribution is 2.31. The molecule has 1 unspecified atom stereocenters. The minimum atomic E-state index is -0.498. The van der Waals surface area contributed by atoms with Crippen molar-refractivity contribution in [3.05, 3.63) is 41.2 Å². The molecule has 18 heavy (non-hydrogen) atoms. The van der Waals surface area contributed by atoms with Crippen LogP contribution in [-0.4, -0.2) is 18.5 Å². The van der Waals surface area contributed by atoms with Crippen molar-refractivity contribution in [2.24, 2.45) is 0 Å². The molecule has 0 spiro atoms. The number of ether oxygens (including phenoxy) is 1. The van der Waals surface area contributed by atoms with Crippen molar-refractivity contribution < 1.29 is 13.9 Å². The molecule has 1 aliphatic rings. The molecule has 0 fully saturated rings. The summed E-state index contributed by atoms with van der Waals surface area (Å²) in [6.45, 7) is 5.54. The summed E-state index contributed by atoms with van der Waals surface area (Å²) < 4.78 is 19.0. The van der Waals surface area contributed by atoms with E-state index in [4.69, 9.17) is 10.5 Å². The third kappa shape index (κ3) is 2.04. The predicted molar refractivity (Wildman–Crippen MR) is 68.1 cm³/mol. The Bertz CT molecular complexity index is 511. The van der Waals surface area contributed by atoms with Crippen molar-refractivity contribution in [3.8, 4) is 0 Å². The number of anilines is 1. The highest BCUT2D eigenvalue weighted by Gasteiger charge is 2.31. The molecule has 0 saturated carbocycles. The molecule has 0 aliphatic heterocycles. The zero-order chi connectivity index (χ0) is 13.3. The van der Waals surface area contributed by atoms with Gasteiger partial charge in [-0.25, -0.2) is 4.39 Å². The van der Waals surface area contributed by atoms with Crippen LogP contribution in [0.1, 0.15) is 27.9 Å². The lowest BCUT2D eigenvalue weighted by atomic mass is 9.84. The number of hydrogen-bond donors (Lipinski definition) is 1. The quantitative estimate of drug-likeness (QED) is 0.661. The molecule has 1 aromatic carbocycles. The van der Waals surface area contributed by atoms with E-state index in [2.05, 4.69) is 6.58 Å². The Kier molecular flexibility index (Phi) is 3.48. The SMILES string of the molecule is C=CCOC1CCc2c(C)c(F)cc(N)c2C1=O. The molecule has 0 radical (unpaired) electrons. The summed E-state index contributed by atoms with van der Waals surface area (Å²) in [4.78, 5) is 12.2. The average molecular weight is 249 g/mol. The van der Waals surface area contributed by atoms with Crippen LogP contribution in [-0.2, 0) is 11.2 Å². The van der Waals surface area contributed by atoms with Gasteiger partial charge in [-0.2, -0.15) is 0 Å². The summed E-state index contributed by atoms with van der Waals surface area (Å²) in [6, 6.07) is 1.21. The first-order valence-corrected chi connectivity index (χ1v) is 5.90. The number of halogens is 1. The fraction of sp³-hybridized carbons (Fsp3) is 0.357. The molecular weight excluding hydrogens is 233 g/mol. The molecule has 0 heterocycles. The first-order valence-electron chi connectivity index (χ1n) is 5.90. The number of Topliss-reactive ketones (excluding diaryl/α,β-unsaturated/α-hetero) is 1. The number of benzene rings is 1. The van der Waals surface area contributed by atoms with Gasteiger partial charge in [0.05, 0.1) is 6.61 Å². The Balaban J connectivity index is 2.40. The number of ketones is 1. The number of rotatable bonds is 3. The van der Waals surface area contributed by atoms with E-state index in [1.807, 2.05) is 0 Å². The topological polar surface area (TPSA) is 52.3 Å². The molecule has 3 nitrogen and oxygen atoms in total. The lowest BCUT2D eigenvalue weighted by Crippen LogP contribution is -2.32. The summed E-state index contributed by atoms with van der Waals surface area (Å²) in [5.41, 5.74) is 7.61.